The van der Waals surface area contributed by atoms with Crippen LogP contribution in [0.15, 0.2) is 17.1 Å². The van der Waals surface area contributed by atoms with Crippen LogP contribution in [0, 0.1) is 0 Å². The molecule has 0 fully saturated rings. The van der Waals surface area contributed by atoms with E-state index in [1.54, 1.807) is 12.1 Å². The third-order valence-corrected chi connectivity index (χ3v) is 3.50. The number of rotatable bonds is 5. The number of thiocarbonyl (C=S) groups is 1. The first-order chi connectivity index (χ1) is 8.79. The molecule has 0 aliphatic carbocycles. The van der Waals surface area contributed by atoms with Gasteiger partial charge in [-0.05, 0) is 43.6 Å². The van der Waals surface area contributed by atoms with Gasteiger partial charge in [-0.2, -0.15) is 4.99 Å². The molecule has 1 aromatic rings. The number of halogens is 3. The number of benzene rings is 1. The van der Waals surface area contributed by atoms with Crippen LogP contribution >= 0.6 is 35.4 Å². The van der Waals surface area contributed by atoms with Crippen molar-refractivity contribution in [2.45, 2.75) is 25.4 Å². The van der Waals surface area contributed by atoms with Gasteiger partial charge in [0.1, 0.15) is 5.69 Å². The van der Waals surface area contributed by atoms with E-state index in [4.69, 9.17) is 28.9 Å². The van der Waals surface area contributed by atoms with E-state index in [1.807, 2.05) is 0 Å². The number of aryl methyl sites for hydroxylation is 1. The Labute approximate surface area is 125 Å². The molecule has 1 amide bonds. The van der Waals surface area contributed by atoms with E-state index >= 15 is 0 Å². The fraction of sp³-hybridized carbons (Fsp3) is 0.333. The highest BCUT2D eigenvalue weighted by molar-refractivity contribution is 7.78. The van der Waals surface area contributed by atoms with Crippen LogP contribution in [0.5, 0.6) is 0 Å². The molecular formula is C12H11Cl2FN2OS. The molecule has 0 aliphatic heterocycles. The van der Waals surface area contributed by atoms with Gasteiger partial charge in [0, 0.05) is 0 Å². The number of amides is 1. The van der Waals surface area contributed by atoms with E-state index in [-0.39, 0.29) is 23.6 Å². The number of alkyl halides is 1. The smallest absolute Gasteiger partial charge is 0.254 e. The fourth-order valence-corrected chi connectivity index (χ4v) is 2.06. The predicted octanol–water partition coefficient (Wildman–Crippen LogP) is 3.87. The minimum absolute atomic E-state index is 0.0789. The van der Waals surface area contributed by atoms with Crippen LogP contribution < -0.4 is 5.73 Å². The number of nitrogens with zero attached hydrogens (tertiary/aromatic N) is 1. The van der Waals surface area contributed by atoms with Crippen molar-refractivity contribution < 1.29 is 9.18 Å². The monoisotopic (exact) mass is 320 g/mol. The number of aliphatic imine (C=N–C) groups is 1. The standard InChI is InChI=1S/C12H11Cl2FN2OS/c1-12(15,11(16)18)5-4-7-2-3-8(13)10(9(7)14)17-6-19/h2-3H,4-5H2,1H3,(H2,16,18). The molecule has 102 valence electrons. The number of hydrogen-bond donors (Lipinski definition) is 1. The van der Waals surface area contributed by atoms with E-state index in [0.717, 1.165) is 6.92 Å². The first kappa shape index (κ1) is 16.1. The van der Waals surface area contributed by atoms with Gasteiger partial charge in [-0.1, -0.05) is 29.3 Å². The molecule has 0 spiro atoms. The van der Waals surface area contributed by atoms with Crippen molar-refractivity contribution in [1.82, 2.24) is 0 Å². The summed E-state index contributed by atoms with van der Waals surface area (Å²) < 4.78 is 13.8. The van der Waals surface area contributed by atoms with E-state index in [0.29, 0.717) is 10.6 Å². The topological polar surface area (TPSA) is 55.4 Å². The number of carbonyl (C=O) groups is 1. The van der Waals surface area contributed by atoms with Crippen molar-refractivity contribution in [3.63, 3.8) is 0 Å². The van der Waals surface area contributed by atoms with Gasteiger partial charge >= 0.3 is 0 Å². The van der Waals surface area contributed by atoms with Crippen molar-refractivity contribution in [3.8, 4) is 0 Å². The minimum Gasteiger partial charge on any atom is -0.367 e. The van der Waals surface area contributed by atoms with Crippen molar-refractivity contribution >= 4 is 52.2 Å². The third-order valence-electron chi connectivity index (χ3n) is 2.68. The number of hydrogen-bond acceptors (Lipinski definition) is 3. The first-order valence-corrected chi connectivity index (χ1v) is 6.49. The highest BCUT2D eigenvalue weighted by Gasteiger charge is 2.30. The average Bonchev–Trinajstić information content (AvgIpc) is 2.33. The summed E-state index contributed by atoms with van der Waals surface area (Å²) in [4.78, 5) is 14.7. The molecule has 7 heteroatoms. The lowest BCUT2D eigenvalue weighted by atomic mass is 9.97. The summed E-state index contributed by atoms with van der Waals surface area (Å²) in [5.74, 6) is -1.00. The summed E-state index contributed by atoms with van der Waals surface area (Å²) in [6.45, 7) is 1.13. The summed E-state index contributed by atoms with van der Waals surface area (Å²) in [6, 6.07) is 3.22. The lowest BCUT2D eigenvalue weighted by molar-refractivity contribution is -0.128. The maximum absolute atomic E-state index is 13.8. The Bertz CT molecular complexity index is 557. The molecule has 1 atom stereocenters. The molecule has 1 rings (SSSR count). The largest absolute Gasteiger partial charge is 0.367 e. The van der Waals surface area contributed by atoms with E-state index < -0.39 is 11.6 Å². The summed E-state index contributed by atoms with van der Waals surface area (Å²) in [6.07, 6.45) is 0.149. The normalized spacial score (nSPS) is 13.5. The summed E-state index contributed by atoms with van der Waals surface area (Å²) >= 11 is 16.5. The van der Waals surface area contributed by atoms with Gasteiger partial charge in [0.25, 0.3) is 5.91 Å². The molecule has 0 heterocycles. The number of nitrogens with two attached hydrogens (primary N) is 1. The van der Waals surface area contributed by atoms with Gasteiger partial charge in [0.2, 0.25) is 0 Å². The molecule has 1 unspecified atom stereocenters. The van der Waals surface area contributed by atoms with Gasteiger partial charge in [-0.15, -0.1) is 0 Å². The zero-order valence-electron chi connectivity index (χ0n) is 10.0. The van der Waals surface area contributed by atoms with Crippen molar-refractivity contribution in [2.75, 3.05) is 0 Å². The van der Waals surface area contributed by atoms with Crippen molar-refractivity contribution in [1.29, 1.82) is 0 Å². The van der Waals surface area contributed by atoms with Crippen LogP contribution in [0.25, 0.3) is 0 Å². The Morgan fingerprint density at radius 2 is 2.21 bits per heavy atom. The molecular weight excluding hydrogens is 310 g/mol. The molecule has 0 aliphatic rings. The molecule has 0 saturated carbocycles. The fourth-order valence-electron chi connectivity index (χ4n) is 1.42. The second-order valence-corrected chi connectivity index (χ2v) is 5.10. The number of isothiocyanates is 1. The van der Waals surface area contributed by atoms with Gasteiger partial charge in [0.15, 0.2) is 5.67 Å². The molecule has 2 N–H and O–H groups in total. The highest BCUT2D eigenvalue weighted by atomic mass is 35.5. The average molecular weight is 321 g/mol. The first-order valence-electron chi connectivity index (χ1n) is 5.33. The quantitative estimate of drug-likeness (QED) is 0.661. The number of carbonyl (C=O) groups excluding carboxylic acids is 1. The van der Waals surface area contributed by atoms with Gasteiger partial charge in [-0.3, -0.25) is 4.79 Å². The second kappa shape index (κ2) is 6.44. The molecule has 0 saturated heterocycles. The van der Waals surface area contributed by atoms with Gasteiger partial charge < -0.3 is 5.73 Å². The summed E-state index contributed by atoms with van der Waals surface area (Å²) in [7, 11) is 0. The lowest BCUT2D eigenvalue weighted by Gasteiger charge is -2.16. The highest BCUT2D eigenvalue weighted by Crippen LogP contribution is 2.36. The lowest BCUT2D eigenvalue weighted by Crippen LogP contribution is -2.37. The summed E-state index contributed by atoms with van der Waals surface area (Å²) in [5, 5.41) is 2.77. The Morgan fingerprint density at radius 1 is 1.58 bits per heavy atom. The third kappa shape index (κ3) is 3.98. The molecule has 19 heavy (non-hydrogen) atoms. The Morgan fingerprint density at radius 3 is 2.74 bits per heavy atom. The summed E-state index contributed by atoms with van der Waals surface area (Å²) in [5.41, 5.74) is 3.78. The van der Waals surface area contributed by atoms with Crippen LogP contribution in [-0.4, -0.2) is 16.7 Å². The van der Waals surface area contributed by atoms with Crippen LogP contribution in [0.3, 0.4) is 0 Å². The van der Waals surface area contributed by atoms with E-state index in [2.05, 4.69) is 22.4 Å². The van der Waals surface area contributed by atoms with Crippen molar-refractivity contribution in [2.24, 2.45) is 10.7 Å². The van der Waals surface area contributed by atoms with E-state index in [1.165, 1.54) is 0 Å². The number of primary amides is 1. The van der Waals surface area contributed by atoms with Crippen LogP contribution in [0.2, 0.25) is 10.0 Å². The molecule has 0 radical (unpaired) electrons. The maximum Gasteiger partial charge on any atom is 0.254 e. The second-order valence-electron chi connectivity index (χ2n) is 4.13. The van der Waals surface area contributed by atoms with Crippen LogP contribution in [0.1, 0.15) is 18.9 Å². The maximum atomic E-state index is 13.8. The predicted molar refractivity (Wildman–Crippen MR) is 78.2 cm³/mol. The van der Waals surface area contributed by atoms with Gasteiger partial charge in [0.05, 0.1) is 15.2 Å². The van der Waals surface area contributed by atoms with Gasteiger partial charge in [-0.25, -0.2) is 4.39 Å². The molecule has 0 aromatic heterocycles. The van der Waals surface area contributed by atoms with Crippen molar-refractivity contribution in [3.05, 3.63) is 27.7 Å². The molecule has 3 nitrogen and oxygen atoms in total. The Kier molecular flexibility index (Phi) is 5.44. The Balaban J connectivity index is 3.01. The van der Waals surface area contributed by atoms with Crippen LogP contribution in [0.4, 0.5) is 10.1 Å². The molecule has 1 aromatic carbocycles. The molecule has 0 bridgehead atoms. The Hall–Kier alpha value is -1.00. The van der Waals surface area contributed by atoms with Crippen LogP contribution in [-0.2, 0) is 11.2 Å². The SMILES string of the molecule is CC(F)(CCc1ccc(Cl)c(N=C=S)c1Cl)C(N)=O. The minimum atomic E-state index is -2.09. The van der Waals surface area contributed by atoms with E-state index in [9.17, 15) is 9.18 Å². The zero-order chi connectivity index (χ0) is 14.6. The zero-order valence-corrected chi connectivity index (χ0v) is 12.4.